The van der Waals surface area contributed by atoms with E-state index in [-0.39, 0.29) is 34.2 Å². The average Bonchev–Trinajstić information content (AvgIpc) is 3.33. The highest BCUT2D eigenvalue weighted by Crippen LogP contribution is 2.26. The lowest BCUT2D eigenvalue weighted by molar-refractivity contribution is 0.102. The molecule has 0 aliphatic carbocycles. The number of thioether (sulfide) groups is 1. The molecule has 0 radical (unpaired) electrons. The maximum atomic E-state index is 12.8. The van der Waals surface area contributed by atoms with Crippen LogP contribution in [0.5, 0.6) is 5.88 Å². The zero-order chi connectivity index (χ0) is 20.1. The van der Waals surface area contributed by atoms with E-state index in [0.29, 0.717) is 11.6 Å². The molecule has 2 aromatic rings. The van der Waals surface area contributed by atoms with Crippen LogP contribution in [0.1, 0.15) is 30.6 Å². The third-order valence-corrected chi connectivity index (χ3v) is 7.16. The van der Waals surface area contributed by atoms with E-state index < -0.39 is 15.7 Å². The molecule has 7 nitrogen and oxygen atoms in total. The highest BCUT2D eigenvalue weighted by molar-refractivity contribution is 8.02. The van der Waals surface area contributed by atoms with Gasteiger partial charge in [-0.1, -0.05) is 6.08 Å². The number of anilines is 1. The summed E-state index contributed by atoms with van der Waals surface area (Å²) in [5, 5.41) is 6.67. The van der Waals surface area contributed by atoms with Crippen molar-refractivity contribution in [2.24, 2.45) is 5.92 Å². The van der Waals surface area contributed by atoms with Gasteiger partial charge in [0.1, 0.15) is 0 Å². The van der Waals surface area contributed by atoms with Crippen LogP contribution < -0.4 is 10.1 Å². The summed E-state index contributed by atoms with van der Waals surface area (Å²) in [5.41, 5.74) is 0.163. The summed E-state index contributed by atoms with van der Waals surface area (Å²) in [4.78, 5) is 20.7. The van der Waals surface area contributed by atoms with Gasteiger partial charge in [0.25, 0.3) is 5.91 Å². The summed E-state index contributed by atoms with van der Waals surface area (Å²) >= 11 is 2.95. The number of hydrogen-bond acceptors (Lipinski definition) is 8. The first kappa shape index (κ1) is 20.8. The first-order valence-electron chi connectivity index (χ1n) is 8.74. The van der Waals surface area contributed by atoms with Gasteiger partial charge in [-0.15, -0.1) is 23.1 Å². The van der Waals surface area contributed by atoms with Crippen LogP contribution in [-0.2, 0) is 9.84 Å². The van der Waals surface area contributed by atoms with E-state index in [0.717, 1.165) is 5.75 Å². The lowest BCUT2D eigenvalue weighted by atomic mass is 10.1. The van der Waals surface area contributed by atoms with Crippen molar-refractivity contribution in [2.45, 2.75) is 31.4 Å². The maximum Gasteiger partial charge on any atom is 0.257 e. The number of sulfone groups is 1. The Morgan fingerprint density at radius 2 is 2.21 bits per heavy atom. The third kappa shape index (κ3) is 5.55. The summed E-state index contributed by atoms with van der Waals surface area (Å²) in [7, 11) is -3.65. The van der Waals surface area contributed by atoms with Gasteiger partial charge in [-0.25, -0.2) is 18.4 Å². The van der Waals surface area contributed by atoms with Gasteiger partial charge in [0.05, 0.1) is 11.9 Å². The molecule has 1 amide bonds. The number of amides is 1. The van der Waals surface area contributed by atoms with Crippen molar-refractivity contribution in [3.8, 4) is 5.88 Å². The predicted molar refractivity (Wildman–Crippen MR) is 112 cm³/mol. The molecule has 0 aromatic carbocycles. The van der Waals surface area contributed by atoms with Gasteiger partial charge >= 0.3 is 0 Å². The molecule has 0 spiro atoms. The van der Waals surface area contributed by atoms with E-state index in [1.807, 2.05) is 25.3 Å². The highest BCUT2D eigenvalue weighted by atomic mass is 32.2. The molecule has 150 valence electrons. The minimum atomic E-state index is -3.65. The molecule has 0 bridgehead atoms. The van der Waals surface area contributed by atoms with Crippen molar-refractivity contribution >= 4 is 44.0 Å². The van der Waals surface area contributed by atoms with E-state index in [4.69, 9.17) is 4.74 Å². The van der Waals surface area contributed by atoms with E-state index in [1.165, 1.54) is 23.5 Å². The Balaban J connectivity index is 1.85. The lowest BCUT2D eigenvalue weighted by Gasteiger charge is -2.13. The molecule has 0 fully saturated rings. The summed E-state index contributed by atoms with van der Waals surface area (Å²) in [5.74, 6) is 0.742. The highest BCUT2D eigenvalue weighted by Gasteiger charge is 2.23. The molecule has 2 aromatic heterocycles. The van der Waals surface area contributed by atoms with Crippen LogP contribution >= 0.6 is 23.1 Å². The van der Waals surface area contributed by atoms with Crippen LogP contribution in [0.2, 0.25) is 0 Å². The minimum Gasteiger partial charge on any atom is -0.475 e. The first-order chi connectivity index (χ1) is 13.3. The Labute approximate surface area is 172 Å². The molecule has 1 unspecified atom stereocenters. The Hall–Kier alpha value is -1.91. The zero-order valence-electron chi connectivity index (χ0n) is 15.5. The molecular formula is C18H21N3O4S3. The first-order valence-corrected chi connectivity index (χ1v) is 12.3. The standard InChI is InChI=1S/C18H21N3O4S3/c1-12(2)25-15-9-14(17(22)21-18-19-5-7-27-18)10-16(20-15)28(23,24)8-4-13-3-6-26-11-13/h3,5-7,9-10,12-13H,4,8,11H2,1-2H3,(H,19,21,22). The zero-order valence-corrected chi connectivity index (χ0v) is 17.9. The van der Waals surface area contributed by atoms with Gasteiger partial charge in [0.2, 0.25) is 5.88 Å². The van der Waals surface area contributed by atoms with Crippen LogP contribution in [0.4, 0.5) is 5.13 Å². The Morgan fingerprint density at radius 3 is 2.86 bits per heavy atom. The van der Waals surface area contributed by atoms with E-state index in [9.17, 15) is 13.2 Å². The van der Waals surface area contributed by atoms with E-state index in [2.05, 4.69) is 15.3 Å². The Kier molecular flexibility index (Phi) is 6.73. The fraction of sp³-hybridized carbons (Fsp3) is 0.389. The van der Waals surface area contributed by atoms with Crippen molar-refractivity contribution in [3.63, 3.8) is 0 Å². The van der Waals surface area contributed by atoms with Crippen molar-refractivity contribution < 1.29 is 17.9 Å². The van der Waals surface area contributed by atoms with Crippen LogP contribution in [0, 0.1) is 5.92 Å². The molecule has 1 aliphatic rings. The fourth-order valence-corrected chi connectivity index (χ4v) is 5.37. The molecule has 1 atom stereocenters. The second kappa shape index (κ2) is 9.06. The predicted octanol–water partition coefficient (Wildman–Crippen LogP) is 3.62. The topological polar surface area (TPSA) is 98.2 Å². The molecule has 3 heterocycles. The minimum absolute atomic E-state index is 0.0335. The lowest BCUT2D eigenvalue weighted by Crippen LogP contribution is -2.17. The molecular weight excluding hydrogens is 418 g/mol. The second-order valence-corrected chi connectivity index (χ2v) is 10.4. The molecule has 1 N–H and O–H groups in total. The van der Waals surface area contributed by atoms with Crippen LogP contribution in [0.15, 0.2) is 40.2 Å². The number of nitrogens with zero attached hydrogens (tertiary/aromatic N) is 2. The summed E-state index contributed by atoms with van der Waals surface area (Å²) < 4.78 is 31.2. The molecule has 3 rings (SSSR count). The average molecular weight is 440 g/mol. The summed E-state index contributed by atoms with van der Waals surface area (Å²) in [6, 6.07) is 2.74. The number of thiazole rings is 1. The number of nitrogens with one attached hydrogen (secondary N) is 1. The van der Waals surface area contributed by atoms with Gasteiger partial charge in [0, 0.05) is 29.0 Å². The Morgan fingerprint density at radius 1 is 1.39 bits per heavy atom. The van der Waals surface area contributed by atoms with Crippen molar-refractivity contribution in [2.75, 3.05) is 16.8 Å². The molecule has 28 heavy (non-hydrogen) atoms. The number of aromatic nitrogens is 2. The number of ether oxygens (including phenoxy) is 1. The molecule has 0 saturated heterocycles. The number of carbonyl (C=O) groups is 1. The van der Waals surface area contributed by atoms with Gasteiger partial charge in [-0.2, -0.15) is 0 Å². The quantitative estimate of drug-likeness (QED) is 0.671. The van der Waals surface area contributed by atoms with E-state index in [1.54, 1.807) is 23.3 Å². The molecule has 1 aliphatic heterocycles. The Bertz CT molecular complexity index is 956. The van der Waals surface area contributed by atoms with Crippen LogP contribution in [0.25, 0.3) is 0 Å². The number of hydrogen-bond donors (Lipinski definition) is 1. The number of rotatable bonds is 8. The van der Waals surface area contributed by atoms with Crippen LogP contribution in [-0.4, -0.2) is 41.9 Å². The monoisotopic (exact) mass is 439 g/mol. The van der Waals surface area contributed by atoms with Gasteiger partial charge in [-0.3, -0.25) is 10.1 Å². The maximum absolute atomic E-state index is 12.8. The largest absolute Gasteiger partial charge is 0.475 e. The van der Waals surface area contributed by atoms with Gasteiger partial charge in [0.15, 0.2) is 20.0 Å². The van der Waals surface area contributed by atoms with Gasteiger partial charge in [-0.05, 0) is 37.7 Å². The second-order valence-electron chi connectivity index (χ2n) is 6.52. The third-order valence-electron chi connectivity index (χ3n) is 3.88. The van der Waals surface area contributed by atoms with Crippen molar-refractivity contribution in [1.29, 1.82) is 0 Å². The van der Waals surface area contributed by atoms with Crippen molar-refractivity contribution in [3.05, 3.63) is 40.8 Å². The molecule has 0 saturated carbocycles. The smallest absolute Gasteiger partial charge is 0.257 e. The fourth-order valence-electron chi connectivity index (χ4n) is 2.52. The molecule has 10 heteroatoms. The van der Waals surface area contributed by atoms with Crippen molar-refractivity contribution in [1.82, 2.24) is 9.97 Å². The van der Waals surface area contributed by atoms with Gasteiger partial charge < -0.3 is 4.74 Å². The van der Waals surface area contributed by atoms with E-state index >= 15 is 0 Å². The summed E-state index contributed by atoms with van der Waals surface area (Å²) in [6.45, 7) is 3.62. The number of carbonyl (C=O) groups excluding carboxylic acids is 1. The number of pyridine rings is 1. The SMILES string of the molecule is CC(C)Oc1cc(C(=O)Nc2nccs2)cc(S(=O)(=O)CCC2C=CSC2)n1. The summed E-state index contributed by atoms with van der Waals surface area (Å²) in [6.07, 6.45) is 3.91. The number of allylic oxidation sites excluding steroid dienone is 1. The van der Waals surface area contributed by atoms with Crippen LogP contribution in [0.3, 0.4) is 0 Å². The normalized spacial score (nSPS) is 16.5.